The van der Waals surface area contributed by atoms with E-state index in [-0.39, 0.29) is 23.7 Å². The van der Waals surface area contributed by atoms with Gasteiger partial charge in [-0.25, -0.2) is 4.79 Å². The molecule has 0 N–H and O–H groups in total. The summed E-state index contributed by atoms with van der Waals surface area (Å²) in [6.45, 7) is 4.78. The quantitative estimate of drug-likeness (QED) is 0.657. The Morgan fingerprint density at radius 3 is 2.38 bits per heavy atom. The van der Waals surface area contributed by atoms with E-state index in [2.05, 4.69) is 33.7 Å². The third-order valence-corrected chi connectivity index (χ3v) is 6.69. The maximum atomic E-state index is 13.3. The van der Waals surface area contributed by atoms with Crippen molar-refractivity contribution in [2.45, 2.75) is 24.9 Å². The number of nitrogens with zero attached hydrogens (tertiary/aromatic N) is 4. The fourth-order valence-corrected chi connectivity index (χ4v) is 4.86. The van der Waals surface area contributed by atoms with E-state index >= 15 is 0 Å². The molecule has 0 bridgehead atoms. The van der Waals surface area contributed by atoms with E-state index in [0.717, 1.165) is 24.2 Å². The Bertz CT molecular complexity index is 964. The smallest absolute Gasteiger partial charge is 0.406 e. The molecule has 2 amide bonds. The number of alkyl halides is 3. The monoisotopic (exact) mass is 476 g/mol. The Morgan fingerprint density at radius 1 is 1.00 bits per heavy atom. The zero-order chi connectivity index (χ0) is 24.3. The Kier molecular flexibility index (Phi) is 7.33. The number of hydrogen-bond donors (Lipinski definition) is 0. The summed E-state index contributed by atoms with van der Waals surface area (Å²) >= 11 is 0. The molecule has 4 rings (SSSR count). The second kappa shape index (κ2) is 10.2. The van der Waals surface area contributed by atoms with Crippen LogP contribution in [0.3, 0.4) is 0 Å². The number of urea groups is 1. The second-order valence-corrected chi connectivity index (χ2v) is 9.17. The first-order valence-electron chi connectivity index (χ1n) is 11.5. The highest BCUT2D eigenvalue weighted by Gasteiger charge is 2.40. The van der Waals surface area contributed by atoms with Gasteiger partial charge < -0.3 is 19.4 Å². The molecule has 2 aromatic carbocycles. The van der Waals surface area contributed by atoms with Crippen molar-refractivity contribution < 1.29 is 22.7 Å². The first kappa shape index (κ1) is 24.3. The number of carbonyl (C=O) groups is 1. The molecule has 34 heavy (non-hydrogen) atoms. The zero-order valence-corrected chi connectivity index (χ0v) is 19.5. The number of likely N-dealkylation sites (N-methyl/N-ethyl adjacent to an activating group) is 2. The maximum Gasteiger partial charge on any atom is 0.573 e. The number of hydrogen-bond acceptors (Lipinski definition) is 4. The third kappa shape index (κ3) is 6.01. The van der Waals surface area contributed by atoms with Crippen molar-refractivity contribution in [2.75, 3.05) is 53.4 Å². The lowest BCUT2D eigenvalue weighted by Crippen LogP contribution is -2.51. The molecular weight excluding hydrogens is 445 g/mol. The summed E-state index contributed by atoms with van der Waals surface area (Å²) in [6, 6.07) is 16.3. The van der Waals surface area contributed by atoms with Crippen LogP contribution in [0.2, 0.25) is 0 Å². The number of likely N-dealkylation sites (tertiary alicyclic amines) is 1. The van der Waals surface area contributed by atoms with E-state index in [0.29, 0.717) is 32.7 Å². The van der Waals surface area contributed by atoms with E-state index in [1.54, 1.807) is 12.1 Å². The van der Waals surface area contributed by atoms with Crippen LogP contribution in [0.5, 0.6) is 5.75 Å². The van der Waals surface area contributed by atoms with Gasteiger partial charge in [-0.2, -0.15) is 0 Å². The number of halogens is 3. The Balaban J connectivity index is 1.50. The Hall–Kier alpha value is -2.78. The van der Waals surface area contributed by atoms with Gasteiger partial charge in [-0.3, -0.25) is 4.90 Å². The fraction of sp³-hybridized carbons (Fsp3) is 0.480. The van der Waals surface area contributed by atoms with Crippen molar-refractivity contribution in [1.82, 2.24) is 19.6 Å². The van der Waals surface area contributed by atoms with Crippen LogP contribution in [-0.4, -0.2) is 91.4 Å². The van der Waals surface area contributed by atoms with Crippen LogP contribution < -0.4 is 4.74 Å². The largest absolute Gasteiger partial charge is 0.573 e. The Labute approximate surface area is 198 Å². The molecule has 0 aliphatic carbocycles. The van der Waals surface area contributed by atoms with Crippen LogP contribution >= 0.6 is 0 Å². The van der Waals surface area contributed by atoms with Gasteiger partial charge in [0.05, 0.1) is 0 Å². The van der Waals surface area contributed by atoms with Crippen molar-refractivity contribution in [2.24, 2.45) is 0 Å². The van der Waals surface area contributed by atoms with E-state index in [9.17, 15) is 18.0 Å². The summed E-state index contributed by atoms with van der Waals surface area (Å²) in [7, 11) is 4.02. The summed E-state index contributed by atoms with van der Waals surface area (Å²) in [5.41, 5.74) is 1.88. The highest BCUT2D eigenvalue weighted by Crippen LogP contribution is 2.32. The molecule has 9 heteroatoms. The van der Waals surface area contributed by atoms with Gasteiger partial charge in [-0.15, -0.1) is 13.2 Å². The number of benzene rings is 2. The molecule has 0 spiro atoms. The summed E-state index contributed by atoms with van der Waals surface area (Å²) < 4.78 is 42.0. The minimum Gasteiger partial charge on any atom is -0.406 e. The van der Waals surface area contributed by atoms with Crippen LogP contribution in [-0.2, 0) is 6.54 Å². The SMILES string of the molecule is CN1CCN(C(=O)N2C[C@H](c3ccccc3)[C@@H](N(C)Cc3cccc(OC(F)(F)F)c3)C2)CC1. The summed E-state index contributed by atoms with van der Waals surface area (Å²) in [5, 5.41) is 0. The van der Waals surface area contributed by atoms with Crippen LogP contribution in [0.25, 0.3) is 0 Å². The lowest BCUT2D eigenvalue weighted by molar-refractivity contribution is -0.274. The van der Waals surface area contributed by atoms with Gasteiger partial charge in [0.2, 0.25) is 0 Å². The summed E-state index contributed by atoms with van der Waals surface area (Å²) in [5.74, 6) is -0.117. The van der Waals surface area contributed by atoms with Crippen molar-refractivity contribution in [3.8, 4) is 5.75 Å². The van der Waals surface area contributed by atoms with Gasteiger partial charge in [0.25, 0.3) is 0 Å². The van der Waals surface area contributed by atoms with Crippen LogP contribution in [0.4, 0.5) is 18.0 Å². The number of amides is 2. The number of rotatable bonds is 5. The van der Waals surface area contributed by atoms with Gasteiger partial charge in [0.1, 0.15) is 5.75 Å². The predicted octanol–water partition coefficient (Wildman–Crippen LogP) is 3.85. The average Bonchev–Trinajstić information content (AvgIpc) is 3.25. The minimum absolute atomic E-state index is 0.0333. The molecule has 2 saturated heterocycles. The van der Waals surface area contributed by atoms with E-state index in [4.69, 9.17) is 0 Å². The molecule has 184 valence electrons. The predicted molar refractivity (Wildman–Crippen MR) is 124 cm³/mol. The topological polar surface area (TPSA) is 39.3 Å². The molecule has 0 saturated carbocycles. The summed E-state index contributed by atoms with van der Waals surface area (Å²) in [6.07, 6.45) is -4.72. The normalized spacial score (nSPS) is 21.8. The highest BCUT2D eigenvalue weighted by atomic mass is 19.4. The number of piperazine rings is 1. The lowest BCUT2D eigenvalue weighted by Gasteiger charge is -2.35. The fourth-order valence-electron chi connectivity index (χ4n) is 4.86. The molecule has 0 unspecified atom stereocenters. The highest BCUT2D eigenvalue weighted by molar-refractivity contribution is 5.75. The van der Waals surface area contributed by atoms with Gasteiger partial charge >= 0.3 is 12.4 Å². The van der Waals surface area contributed by atoms with Gasteiger partial charge in [0, 0.05) is 57.8 Å². The molecule has 2 heterocycles. The first-order valence-corrected chi connectivity index (χ1v) is 11.5. The molecule has 2 aromatic rings. The maximum absolute atomic E-state index is 13.3. The number of carbonyl (C=O) groups excluding carboxylic acids is 1. The molecule has 2 aliphatic heterocycles. The standard InChI is InChI=1S/C25H31F3N4O2/c1-29-11-13-31(14-12-29)24(33)32-17-22(20-8-4-3-5-9-20)23(18-32)30(2)16-19-7-6-10-21(15-19)34-25(26,27)28/h3-10,15,22-23H,11-14,16-18H2,1-2H3/t22-,23+/m1/s1. The van der Waals surface area contributed by atoms with Gasteiger partial charge in [0.15, 0.2) is 0 Å². The van der Waals surface area contributed by atoms with Crippen molar-refractivity contribution in [1.29, 1.82) is 0 Å². The molecule has 2 fully saturated rings. The van der Waals surface area contributed by atoms with E-state index in [1.165, 1.54) is 12.1 Å². The van der Waals surface area contributed by atoms with Gasteiger partial charge in [-0.05, 0) is 37.4 Å². The minimum atomic E-state index is -4.72. The number of ether oxygens (including phenoxy) is 1. The first-order chi connectivity index (χ1) is 16.2. The molecule has 6 nitrogen and oxygen atoms in total. The van der Waals surface area contributed by atoms with Gasteiger partial charge in [-0.1, -0.05) is 42.5 Å². The molecule has 0 radical (unpaired) electrons. The molecule has 2 aliphatic rings. The average molecular weight is 477 g/mol. The van der Waals surface area contributed by atoms with Crippen LogP contribution in [0.1, 0.15) is 17.0 Å². The van der Waals surface area contributed by atoms with Crippen molar-refractivity contribution in [3.05, 3.63) is 65.7 Å². The Morgan fingerprint density at radius 2 is 1.71 bits per heavy atom. The molecule has 2 atom stereocenters. The lowest BCUT2D eigenvalue weighted by atomic mass is 9.93. The van der Waals surface area contributed by atoms with Crippen molar-refractivity contribution in [3.63, 3.8) is 0 Å². The molecule has 0 aromatic heterocycles. The van der Waals surface area contributed by atoms with Crippen molar-refractivity contribution >= 4 is 6.03 Å². The zero-order valence-electron chi connectivity index (χ0n) is 19.5. The second-order valence-electron chi connectivity index (χ2n) is 9.17. The van der Waals surface area contributed by atoms with Crippen LogP contribution in [0, 0.1) is 0 Å². The van der Waals surface area contributed by atoms with Crippen LogP contribution in [0.15, 0.2) is 54.6 Å². The third-order valence-electron chi connectivity index (χ3n) is 6.69. The van der Waals surface area contributed by atoms with E-state index in [1.807, 2.05) is 35.0 Å². The van der Waals surface area contributed by atoms with E-state index < -0.39 is 6.36 Å². The summed E-state index contributed by atoms with van der Waals surface area (Å²) in [4.78, 5) is 21.5. The molecular formula is C25H31F3N4O2.